The molecule has 0 spiro atoms. The van der Waals surface area contributed by atoms with Gasteiger partial charge in [0.1, 0.15) is 0 Å². The van der Waals surface area contributed by atoms with Crippen molar-refractivity contribution in [3.8, 4) is 0 Å². The fraction of sp³-hybridized carbons (Fsp3) is 0.440. The van der Waals surface area contributed by atoms with Crippen LogP contribution in [0.3, 0.4) is 0 Å². The first kappa shape index (κ1) is 20.6. The Morgan fingerprint density at radius 3 is 2.33 bits per heavy atom. The Morgan fingerprint density at radius 1 is 0.933 bits per heavy atom. The second-order valence-corrected chi connectivity index (χ2v) is 8.56. The number of nitrogens with zero attached hydrogens (tertiary/aromatic N) is 3. The lowest BCUT2D eigenvalue weighted by atomic mass is 10.1. The third kappa shape index (κ3) is 5.08. The van der Waals surface area contributed by atoms with Crippen molar-refractivity contribution in [2.24, 2.45) is 5.92 Å². The lowest BCUT2D eigenvalue weighted by Gasteiger charge is -2.36. The second kappa shape index (κ2) is 9.43. The van der Waals surface area contributed by atoms with Gasteiger partial charge in [0.25, 0.3) is 0 Å². The predicted octanol–water partition coefficient (Wildman–Crippen LogP) is 2.73. The topological polar surface area (TPSA) is 43.9 Å². The Bertz CT molecular complexity index is 858. The molecule has 0 aliphatic carbocycles. The Hall–Kier alpha value is -2.66. The number of hydrogen-bond acceptors (Lipinski definition) is 3. The molecule has 2 aliphatic heterocycles. The van der Waals surface area contributed by atoms with E-state index in [1.54, 1.807) is 0 Å². The summed E-state index contributed by atoms with van der Waals surface area (Å²) in [6, 6.07) is 18.9. The van der Waals surface area contributed by atoms with Crippen LogP contribution in [0.25, 0.3) is 0 Å². The first-order valence-electron chi connectivity index (χ1n) is 11.0. The minimum atomic E-state index is -0.184. The van der Waals surface area contributed by atoms with Crippen LogP contribution in [0.4, 0.5) is 0 Å². The van der Waals surface area contributed by atoms with E-state index in [0.717, 1.165) is 39.1 Å². The van der Waals surface area contributed by atoms with E-state index >= 15 is 0 Å². The Morgan fingerprint density at radius 2 is 1.63 bits per heavy atom. The van der Waals surface area contributed by atoms with Gasteiger partial charge in [-0.05, 0) is 24.5 Å². The summed E-state index contributed by atoms with van der Waals surface area (Å²) in [5, 5.41) is 0. The van der Waals surface area contributed by atoms with Crippen molar-refractivity contribution in [3.63, 3.8) is 0 Å². The maximum atomic E-state index is 13.0. The summed E-state index contributed by atoms with van der Waals surface area (Å²) in [4.78, 5) is 31.7. The molecule has 0 saturated carbocycles. The van der Waals surface area contributed by atoms with Gasteiger partial charge >= 0.3 is 0 Å². The molecule has 1 unspecified atom stereocenters. The van der Waals surface area contributed by atoms with Crippen molar-refractivity contribution >= 4 is 11.8 Å². The standard InChI is InChI=1S/C25H31N3O2/c1-20-7-9-21(10-8-20)11-12-28-19-23(17-24(28)29)25(30)27-15-13-26(14-16-27)18-22-5-3-2-4-6-22/h2-10,23H,11-19H2,1H3. The van der Waals surface area contributed by atoms with Gasteiger partial charge in [-0.25, -0.2) is 0 Å². The number of carbonyl (C=O) groups is 2. The molecule has 2 aromatic carbocycles. The molecule has 2 saturated heterocycles. The molecule has 2 aliphatic rings. The molecular formula is C25H31N3O2. The van der Waals surface area contributed by atoms with Crippen LogP contribution < -0.4 is 0 Å². The molecule has 0 N–H and O–H groups in total. The van der Waals surface area contributed by atoms with Crippen LogP contribution in [-0.2, 0) is 22.6 Å². The molecule has 2 heterocycles. The van der Waals surface area contributed by atoms with Crippen molar-refractivity contribution in [1.29, 1.82) is 0 Å². The highest BCUT2D eigenvalue weighted by atomic mass is 16.2. The minimum absolute atomic E-state index is 0.114. The zero-order valence-electron chi connectivity index (χ0n) is 17.8. The van der Waals surface area contributed by atoms with Gasteiger partial charge in [-0.1, -0.05) is 60.2 Å². The second-order valence-electron chi connectivity index (χ2n) is 8.56. The van der Waals surface area contributed by atoms with Crippen molar-refractivity contribution in [1.82, 2.24) is 14.7 Å². The third-order valence-corrected chi connectivity index (χ3v) is 6.29. The van der Waals surface area contributed by atoms with Gasteiger partial charge < -0.3 is 9.80 Å². The average molecular weight is 406 g/mol. The Balaban J connectivity index is 1.24. The van der Waals surface area contributed by atoms with Crippen LogP contribution in [0.1, 0.15) is 23.1 Å². The largest absolute Gasteiger partial charge is 0.342 e. The van der Waals surface area contributed by atoms with Gasteiger partial charge in [-0.2, -0.15) is 0 Å². The van der Waals surface area contributed by atoms with Crippen LogP contribution in [0.2, 0.25) is 0 Å². The van der Waals surface area contributed by atoms with Gasteiger partial charge in [0.15, 0.2) is 0 Å². The molecule has 0 radical (unpaired) electrons. The van der Waals surface area contributed by atoms with Crippen molar-refractivity contribution in [2.75, 3.05) is 39.3 Å². The fourth-order valence-corrected chi connectivity index (χ4v) is 4.40. The lowest BCUT2D eigenvalue weighted by Crippen LogP contribution is -2.50. The van der Waals surface area contributed by atoms with Gasteiger partial charge in [-0.15, -0.1) is 0 Å². The van der Waals surface area contributed by atoms with E-state index in [1.165, 1.54) is 16.7 Å². The number of rotatable bonds is 6. The molecule has 0 aromatic heterocycles. The molecule has 2 fully saturated rings. The molecule has 1 atom stereocenters. The highest BCUT2D eigenvalue weighted by Gasteiger charge is 2.37. The fourth-order valence-electron chi connectivity index (χ4n) is 4.40. The van der Waals surface area contributed by atoms with Gasteiger partial charge in [0.05, 0.1) is 5.92 Å². The highest BCUT2D eigenvalue weighted by Crippen LogP contribution is 2.22. The lowest BCUT2D eigenvalue weighted by molar-refractivity contribution is -0.137. The zero-order valence-corrected chi connectivity index (χ0v) is 17.8. The van der Waals surface area contributed by atoms with Crippen molar-refractivity contribution in [2.45, 2.75) is 26.3 Å². The van der Waals surface area contributed by atoms with Gasteiger partial charge in [0.2, 0.25) is 11.8 Å². The van der Waals surface area contributed by atoms with E-state index in [1.807, 2.05) is 15.9 Å². The van der Waals surface area contributed by atoms with Crippen LogP contribution >= 0.6 is 0 Å². The molecule has 2 amide bonds. The molecule has 5 nitrogen and oxygen atoms in total. The van der Waals surface area contributed by atoms with E-state index in [0.29, 0.717) is 19.5 Å². The summed E-state index contributed by atoms with van der Waals surface area (Å²) in [7, 11) is 0. The van der Waals surface area contributed by atoms with Crippen LogP contribution in [0.15, 0.2) is 54.6 Å². The number of likely N-dealkylation sites (tertiary alicyclic amines) is 1. The summed E-state index contributed by atoms with van der Waals surface area (Å²) in [5.41, 5.74) is 3.78. The minimum Gasteiger partial charge on any atom is -0.342 e. The van der Waals surface area contributed by atoms with E-state index in [4.69, 9.17) is 0 Å². The maximum Gasteiger partial charge on any atom is 0.228 e. The van der Waals surface area contributed by atoms with E-state index < -0.39 is 0 Å². The number of amides is 2. The summed E-state index contributed by atoms with van der Waals surface area (Å²) >= 11 is 0. The predicted molar refractivity (Wildman–Crippen MR) is 118 cm³/mol. The first-order chi connectivity index (χ1) is 14.6. The third-order valence-electron chi connectivity index (χ3n) is 6.29. The summed E-state index contributed by atoms with van der Waals surface area (Å²) in [5.74, 6) is 0.0833. The van der Waals surface area contributed by atoms with Crippen molar-refractivity contribution in [3.05, 3.63) is 71.3 Å². The van der Waals surface area contributed by atoms with E-state index in [9.17, 15) is 9.59 Å². The smallest absolute Gasteiger partial charge is 0.228 e. The molecule has 5 heteroatoms. The Labute approximate surface area is 179 Å². The number of benzene rings is 2. The number of piperazine rings is 1. The molecule has 158 valence electrons. The van der Waals surface area contributed by atoms with Crippen molar-refractivity contribution < 1.29 is 9.59 Å². The molecule has 2 aromatic rings. The van der Waals surface area contributed by atoms with Crippen LogP contribution in [-0.4, -0.2) is 65.8 Å². The normalized spacial score (nSPS) is 20.0. The SMILES string of the molecule is Cc1ccc(CCN2CC(C(=O)N3CCN(Cc4ccccc4)CC3)CC2=O)cc1. The summed E-state index contributed by atoms with van der Waals surface area (Å²) in [6.45, 7) is 7.53. The van der Waals surface area contributed by atoms with Crippen LogP contribution in [0.5, 0.6) is 0 Å². The van der Waals surface area contributed by atoms with E-state index in [2.05, 4.69) is 60.4 Å². The van der Waals surface area contributed by atoms with Crippen LogP contribution in [0, 0.1) is 12.8 Å². The quantitative estimate of drug-likeness (QED) is 0.742. The highest BCUT2D eigenvalue weighted by molar-refractivity contribution is 5.89. The summed E-state index contributed by atoms with van der Waals surface area (Å²) < 4.78 is 0. The molecule has 0 bridgehead atoms. The first-order valence-corrected chi connectivity index (χ1v) is 11.0. The number of carbonyl (C=O) groups excluding carboxylic acids is 2. The Kier molecular flexibility index (Phi) is 6.48. The molecular weight excluding hydrogens is 374 g/mol. The number of aryl methyl sites for hydroxylation is 1. The average Bonchev–Trinajstić information content (AvgIpc) is 3.15. The van der Waals surface area contributed by atoms with Gasteiger partial charge in [-0.3, -0.25) is 14.5 Å². The zero-order chi connectivity index (χ0) is 20.9. The summed E-state index contributed by atoms with van der Waals surface area (Å²) in [6.07, 6.45) is 1.20. The molecule has 30 heavy (non-hydrogen) atoms. The monoisotopic (exact) mass is 405 g/mol. The van der Waals surface area contributed by atoms with E-state index in [-0.39, 0.29) is 17.7 Å². The number of hydrogen-bond donors (Lipinski definition) is 0. The van der Waals surface area contributed by atoms with Gasteiger partial charge in [0, 0.05) is 52.2 Å². The molecule has 4 rings (SSSR count). The maximum absolute atomic E-state index is 13.0.